The van der Waals surface area contributed by atoms with Crippen molar-refractivity contribution < 1.29 is 4.90 Å². The fourth-order valence-electron chi connectivity index (χ4n) is 5.93. The Balaban J connectivity index is 1.30. The molecule has 3 atom stereocenters. The largest absolute Gasteiger partial charge is 0.330 e. The molecule has 1 aromatic heterocycles. The quantitative estimate of drug-likeness (QED) is 0.536. The van der Waals surface area contributed by atoms with E-state index in [-0.39, 0.29) is 5.56 Å². The first kappa shape index (κ1) is 20.0. The number of hydrogen-bond acceptors (Lipinski definition) is 2. The molecule has 3 aromatic carbocycles. The Morgan fingerprint density at radius 1 is 0.939 bits per heavy atom. The summed E-state index contributed by atoms with van der Waals surface area (Å²) in [4.78, 5) is 15.1. The van der Waals surface area contributed by atoms with Crippen LogP contribution in [0.25, 0.3) is 21.9 Å². The number of aromatic nitrogens is 1. The van der Waals surface area contributed by atoms with Gasteiger partial charge < -0.3 is 9.47 Å². The predicted octanol–water partition coefficient (Wildman–Crippen LogP) is 3.74. The van der Waals surface area contributed by atoms with Gasteiger partial charge in [0.25, 0.3) is 5.56 Å². The summed E-state index contributed by atoms with van der Waals surface area (Å²) in [7, 11) is 0. The van der Waals surface area contributed by atoms with Gasteiger partial charge in [-0.15, -0.1) is 0 Å². The summed E-state index contributed by atoms with van der Waals surface area (Å²) < 4.78 is 2.05. The molecule has 33 heavy (non-hydrogen) atoms. The van der Waals surface area contributed by atoms with Gasteiger partial charge in [0.1, 0.15) is 6.54 Å². The lowest BCUT2D eigenvalue weighted by molar-refractivity contribution is -0.924. The van der Waals surface area contributed by atoms with Crippen LogP contribution in [0.15, 0.2) is 83.7 Å². The standard InChI is InChI=1S/C29H25N3O/c30-15-20-4-3-5-21(12-20)16-31-17-22-13-26(19-31)28-11-10-27(29(33)32(28)18-22)25-9-8-23-6-1-2-7-24(23)14-25/h1-12,14,22,26H,13,16-19H2/p+1/t22-,26+/m0/s1. The van der Waals surface area contributed by atoms with Crippen molar-refractivity contribution in [1.29, 1.82) is 5.26 Å². The molecule has 4 heteroatoms. The molecule has 0 saturated carbocycles. The summed E-state index contributed by atoms with van der Waals surface area (Å²) >= 11 is 0. The second-order valence-electron chi connectivity index (χ2n) is 9.60. The molecule has 1 saturated heterocycles. The number of rotatable bonds is 3. The highest BCUT2D eigenvalue weighted by Gasteiger charge is 2.37. The van der Waals surface area contributed by atoms with E-state index in [1.54, 1.807) is 4.90 Å². The van der Waals surface area contributed by atoms with E-state index in [0.29, 0.717) is 11.8 Å². The van der Waals surface area contributed by atoms with E-state index >= 15 is 0 Å². The van der Waals surface area contributed by atoms with Crippen LogP contribution in [-0.4, -0.2) is 17.7 Å². The van der Waals surface area contributed by atoms with E-state index in [9.17, 15) is 10.1 Å². The molecule has 0 amide bonds. The number of hydrogen-bond donors (Lipinski definition) is 1. The van der Waals surface area contributed by atoms with Crippen LogP contribution in [0.1, 0.15) is 29.2 Å². The van der Waals surface area contributed by atoms with Crippen molar-refractivity contribution in [3.8, 4) is 17.2 Å². The van der Waals surface area contributed by atoms with Gasteiger partial charge in [-0.1, -0.05) is 48.5 Å². The average Bonchev–Trinajstić information content (AvgIpc) is 2.84. The topological polar surface area (TPSA) is 50.2 Å². The molecular formula is C29H26N3O+. The fourth-order valence-corrected chi connectivity index (χ4v) is 5.93. The number of nitriles is 1. The molecule has 3 heterocycles. The van der Waals surface area contributed by atoms with Gasteiger partial charge in [-0.05, 0) is 53.1 Å². The molecule has 2 bridgehead atoms. The molecular weight excluding hydrogens is 406 g/mol. The maximum atomic E-state index is 13.5. The van der Waals surface area contributed by atoms with Crippen molar-refractivity contribution in [1.82, 2.24) is 4.57 Å². The minimum Gasteiger partial charge on any atom is -0.330 e. The van der Waals surface area contributed by atoms with Gasteiger partial charge in [-0.25, -0.2) is 0 Å². The molecule has 2 aliphatic rings. The summed E-state index contributed by atoms with van der Waals surface area (Å²) in [5.74, 6) is 0.917. The summed E-state index contributed by atoms with van der Waals surface area (Å²) in [6.45, 7) is 3.83. The molecule has 4 aromatic rings. The predicted molar refractivity (Wildman–Crippen MR) is 130 cm³/mol. The van der Waals surface area contributed by atoms with Crippen LogP contribution in [0.2, 0.25) is 0 Å². The summed E-state index contributed by atoms with van der Waals surface area (Å²) in [6, 6.07) is 29.0. The molecule has 6 rings (SSSR count). The van der Waals surface area contributed by atoms with Gasteiger partial charge in [0, 0.05) is 35.2 Å². The van der Waals surface area contributed by atoms with Crippen molar-refractivity contribution in [3.63, 3.8) is 0 Å². The lowest BCUT2D eigenvalue weighted by atomic mass is 9.82. The maximum Gasteiger partial charge on any atom is 0.258 e. The molecule has 0 spiro atoms. The fraction of sp³-hybridized carbons (Fsp3) is 0.241. The molecule has 2 aliphatic heterocycles. The Morgan fingerprint density at radius 2 is 1.82 bits per heavy atom. The SMILES string of the molecule is N#Cc1cccc(C[NH+]2C[C@@H]3C[C@H](C2)c2ccc(-c4ccc5ccccc5c4)c(=O)n2C3)c1. The molecule has 1 unspecified atom stereocenters. The third-order valence-corrected chi connectivity index (χ3v) is 7.37. The van der Waals surface area contributed by atoms with Gasteiger partial charge in [-0.3, -0.25) is 4.79 Å². The van der Waals surface area contributed by atoms with Crippen molar-refractivity contribution >= 4 is 10.8 Å². The Kier molecular flexibility index (Phi) is 4.86. The third kappa shape index (κ3) is 3.65. The van der Waals surface area contributed by atoms with E-state index in [2.05, 4.69) is 53.1 Å². The zero-order valence-corrected chi connectivity index (χ0v) is 18.5. The minimum atomic E-state index is 0.141. The van der Waals surface area contributed by atoms with Crippen molar-refractivity contribution in [3.05, 3.63) is 106 Å². The molecule has 4 nitrogen and oxygen atoms in total. The first-order valence-electron chi connectivity index (χ1n) is 11.7. The number of fused-ring (bicyclic) bond motifs is 5. The number of quaternary nitrogens is 1. The Bertz CT molecular complexity index is 1460. The molecule has 0 radical (unpaired) electrons. The van der Waals surface area contributed by atoms with Gasteiger partial charge in [0.15, 0.2) is 0 Å². The minimum absolute atomic E-state index is 0.141. The Hall–Kier alpha value is -3.68. The van der Waals surface area contributed by atoms with Crippen LogP contribution < -0.4 is 10.5 Å². The van der Waals surface area contributed by atoms with Gasteiger partial charge in [0.2, 0.25) is 0 Å². The lowest BCUT2D eigenvalue weighted by Crippen LogP contribution is -3.13. The monoisotopic (exact) mass is 432 g/mol. The van der Waals surface area contributed by atoms with Gasteiger partial charge in [0.05, 0.1) is 24.7 Å². The first-order valence-corrected chi connectivity index (χ1v) is 11.7. The number of nitrogens with one attached hydrogen (secondary N) is 1. The highest BCUT2D eigenvalue weighted by atomic mass is 16.1. The first-order chi connectivity index (χ1) is 16.2. The normalized spacial score (nSPS) is 21.4. The summed E-state index contributed by atoms with van der Waals surface area (Å²) in [5.41, 5.74) is 5.05. The average molecular weight is 433 g/mol. The number of nitrogens with zero attached hydrogens (tertiary/aromatic N) is 2. The highest BCUT2D eigenvalue weighted by molar-refractivity contribution is 5.87. The van der Waals surface area contributed by atoms with Crippen LogP contribution in [0.5, 0.6) is 0 Å². The van der Waals surface area contributed by atoms with Gasteiger partial charge in [-0.2, -0.15) is 5.26 Å². The van der Waals surface area contributed by atoms with E-state index < -0.39 is 0 Å². The van der Waals surface area contributed by atoms with E-state index in [1.807, 2.05) is 36.4 Å². The number of pyridine rings is 1. The van der Waals surface area contributed by atoms with Crippen LogP contribution in [0.3, 0.4) is 0 Å². The number of likely N-dealkylation sites (tertiary alicyclic amines) is 1. The molecule has 1 N–H and O–H groups in total. The van der Waals surface area contributed by atoms with Crippen LogP contribution >= 0.6 is 0 Å². The molecule has 1 fully saturated rings. The van der Waals surface area contributed by atoms with Crippen molar-refractivity contribution in [2.24, 2.45) is 5.92 Å². The van der Waals surface area contributed by atoms with E-state index in [4.69, 9.17) is 0 Å². The highest BCUT2D eigenvalue weighted by Crippen LogP contribution is 2.32. The smallest absolute Gasteiger partial charge is 0.258 e. The van der Waals surface area contributed by atoms with Gasteiger partial charge >= 0.3 is 0 Å². The molecule has 0 aliphatic carbocycles. The second-order valence-corrected chi connectivity index (χ2v) is 9.60. The number of benzene rings is 3. The summed E-state index contributed by atoms with van der Waals surface area (Å²) in [5, 5.41) is 11.6. The van der Waals surface area contributed by atoms with E-state index in [1.165, 1.54) is 16.6 Å². The van der Waals surface area contributed by atoms with Crippen LogP contribution in [0.4, 0.5) is 0 Å². The van der Waals surface area contributed by atoms with Crippen LogP contribution in [-0.2, 0) is 13.1 Å². The third-order valence-electron chi connectivity index (χ3n) is 7.37. The number of piperidine rings is 1. The van der Waals surface area contributed by atoms with Crippen LogP contribution in [0, 0.1) is 17.2 Å². The van der Waals surface area contributed by atoms with Crippen molar-refractivity contribution in [2.45, 2.75) is 25.4 Å². The zero-order chi connectivity index (χ0) is 22.4. The maximum absolute atomic E-state index is 13.5. The summed E-state index contributed by atoms with van der Waals surface area (Å²) in [6.07, 6.45) is 1.16. The second kappa shape index (κ2) is 8.03. The van der Waals surface area contributed by atoms with Crippen molar-refractivity contribution in [2.75, 3.05) is 13.1 Å². The zero-order valence-electron chi connectivity index (χ0n) is 18.5. The van der Waals surface area contributed by atoms with E-state index in [0.717, 1.165) is 54.7 Å². The molecule has 162 valence electrons. The Morgan fingerprint density at radius 3 is 2.70 bits per heavy atom. The lowest BCUT2D eigenvalue weighted by Gasteiger charge is -2.40. The Labute approximate surface area is 193 Å².